The predicted molar refractivity (Wildman–Crippen MR) is 193 cm³/mol. The van der Waals surface area contributed by atoms with Crippen LogP contribution in [0.5, 0.6) is 0 Å². The summed E-state index contributed by atoms with van der Waals surface area (Å²) in [5, 5.41) is 0. The van der Waals surface area contributed by atoms with E-state index in [4.69, 9.17) is 28.3 Å². The molecule has 0 rings (SSSR count). The van der Waals surface area contributed by atoms with Gasteiger partial charge >= 0.3 is 37.4 Å². The Morgan fingerprint density at radius 3 is 0.915 bits per heavy atom. The van der Waals surface area contributed by atoms with E-state index in [1.54, 1.807) is 0 Å². The van der Waals surface area contributed by atoms with Gasteiger partial charge in [0.2, 0.25) is 0 Å². The van der Waals surface area contributed by atoms with E-state index >= 15 is 0 Å². The van der Waals surface area contributed by atoms with Gasteiger partial charge in [0.15, 0.2) is 0 Å². The van der Waals surface area contributed by atoms with Gasteiger partial charge in [-0.05, 0) is 64.2 Å². The van der Waals surface area contributed by atoms with Gasteiger partial charge in [0, 0.05) is 0 Å². The van der Waals surface area contributed by atoms with Gasteiger partial charge < -0.3 is 28.6 Å². The van der Waals surface area contributed by atoms with Crippen molar-refractivity contribution in [2.45, 2.75) is 194 Å². The topological polar surface area (TPSA) is 136 Å². The molecule has 0 unspecified atom stereocenters. The maximum atomic E-state index is 11.9. The molecule has 0 heterocycles. The van der Waals surface area contributed by atoms with E-state index < -0.39 is 15.6 Å². The molecule has 276 valence electrons. The van der Waals surface area contributed by atoms with E-state index in [2.05, 4.69) is 38.2 Å². The zero-order valence-corrected chi connectivity index (χ0v) is 34.6. The van der Waals surface area contributed by atoms with Crippen LogP contribution in [-0.4, -0.2) is 27.9 Å². The molecule has 0 aromatic heterocycles. The normalized spacial score (nSPS) is 12.0. The van der Waals surface area contributed by atoms with Crippen LogP contribution >= 0.6 is 15.6 Å². The van der Waals surface area contributed by atoms with Crippen LogP contribution < -0.4 is 34.5 Å². The van der Waals surface area contributed by atoms with Crippen LogP contribution in [0.2, 0.25) is 0 Å². The Bertz CT molecular complexity index is 705. The van der Waals surface area contributed by atoms with Crippen LogP contribution in [0.1, 0.15) is 194 Å². The van der Waals surface area contributed by atoms with Crippen LogP contribution in [0.15, 0.2) is 24.3 Å². The molecule has 0 radical (unpaired) electrons. The zero-order chi connectivity index (χ0) is 34.5. The maximum absolute atomic E-state index is 11.9. The van der Waals surface area contributed by atoms with Gasteiger partial charge in [-0.1, -0.05) is 154 Å². The largest absolute Gasteiger partial charge is 1.00 e. The predicted octanol–water partition coefficient (Wildman–Crippen LogP) is 8.64. The second-order valence-electron chi connectivity index (χ2n) is 12.5. The zero-order valence-electron chi connectivity index (χ0n) is 30.8. The van der Waals surface area contributed by atoms with Crippen LogP contribution in [-0.2, 0) is 18.2 Å². The molecule has 0 amide bonds. The van der Waals surface area contributed by atoms with Gasteiger partial charge in [0.25, 0.3) is 7.82 Å². The Hall–Kier alpha value is 0.700. The number of unbranched alkanes of at least 4 members (excludes halogenated alkanes) is 24. The molecule has 3 N–H and O–H groups in total. The second-order valence-corrected chi connectivity index (χ2v) is 14.9. The summed E-state index contributed by atoms with van der Waals surface area (Å²) in [6.45, 7) is 5.02. The first-order chi connectivity index (χ1) is 22.1. The molecule has 0 aromatic rings. The number of phosphoric acid groups is 2. The van der Waals surface area contributed by atoms with E-state index in [1.165, 1.54) is 141 Å². The van der Waals surface area contributed by atoms with Crippen LogP contribution in [0.4, 0.5) is 0 Å². The molecule has 0 fully saturated rings. The van der Waals surface area contributed by atoms with Gasteiger partial charge in [-0.15, -0.1) is 0 Å². The SMILES string of the molecule is CCCCCCCC/C=C\CCCCCCCCOP(=O)([O-])OCCCCCCCC/C=C\CCCCCCCC.O=P(O)(O)O.[Na+]. The fourth-order valence-electron chi connectivity index (χ4n) is 5.09. The smallest absolute Gasteiger partial charge is 0.756 e. The van der Waals surface area contributed by atoms with E-state index in [0.29, 0.717) is 0 Å². The summed E-state index contributed by atoms with van der Waals surface area (Å²) in [4.78, 5) is 33.5. The molecule has 0 atom stereocenters. The molecule has 0 spiro atoms. The Balaban J connectivity index is -0.00000298. The Morgan fingerprint density at radius 1 is 0.447 bits per heavy atom. The summed E-state index contributed by atoms with van der Waals surface area (Å²) in [6.07, 6.45) is 44.0. The number of phosphoric ester groups is 1. The second kappa shape index (κ2) is 41.1. The van der Waals surface area contributed by atoms with Crippen molar-refractivity contribution in [3.8, 4) is 0 Å². The molecule has 0 aliphatic heterocycles. The molecular weight excluding hydrogens is 645 g/mol. The van der Waals surface area contributed by atoms with Crippen molar-refractivity contribution in [3.05, 3.63) is 24.3 Å². The molecule has 0 aliphatic rings. The summed E-state index contributed by atoms with van der Waals surface area (Å²) in [7, 11) is -8.78. The summed E-state index contributed by atoms with van der Waals surface area (Å²) >= 11 is 0. The van der Waals surface area contributed by atoms with Crippen molar-refractivity contribution in [1.82, 2.24) is 0 Å². The van der Waals surface area contributed by atoms with Gasteiger partial charge in [-0.2, -0.15) is 0 Å². The molecule has 0 saturated carbocycles. The van der Waals surface area contributed by atoms with Crippen LogP contribution in [0.25, 0.3) is 0 Å². The molecule has 0 bridgehead atoms. The fourth-order valence-corrected chi connectivity index (χ4v) is 5.87. The summed E-state index contributed by atoms with van der Waals surface area (Å²) in [5.74, 6) is 0. The molecule has 0 aromatic carbocycles. The first-order valence-electron chi connectivity index (χ1n) is 18.8. The minimum Gasteiger partial charge on any atom is -0.756 e. The summed E-state index contributed by atoms with van der Waals surface area (Å²) in [5.41, 5.74) is 0. The van der Waals surface area contributed by atoms with E-state index in [1.807, 2.05) is 0 Å². The summed E-state index contributed by atoms with van der Waals surface area (Å²) < 4.78 is 30.9. The number of hydrogen-bond acceptors (Lipinski definition) is 5. The molecular formula is C36H73NaO8P2. The number of rotatable bonds is 34. The average molecular weight is 719 g/mol. The first kappa shape index (κ1) is 52.1. The monoisotopic (exact) mass is 718 g/mol. The van der Waals surface area contributed by atoms with Crippen LogP contribution in [0, 0.1) is 0 Å². The van der Waals surface area contributed by atoms with E-state index in [0.717, 1.165) is 38.5 Å². The maximum Gasteiger partial charge on any atom is 1.00 e. The van der Waals surface area contributed by atoms with Crippen molar-refractivity contribution < 1.29 is 67.3 Å². The van der Waals surface area contributed by atoms with Crippen LogP contribution in [0.3, 0.4) is 0 Å². The third-order valence-electron chi connectivity index (χ3n) is 7.81. The number of allylic oxidation sites excluding steroid dienone is 4. The van der Waals surface area contributed by atoms with Crippen molar-refractivity contribution in [2.24, 2.45) is 0 Å². The van der Waals surface area contributed by atoms with Gasteiger partial charge in [-0.3, -0.25) is 4.57 Å². The molecule has 0 aliphatic carbocycles. The van der Waals surface area contributed by atoms with Gasteiger partial charge in [-0.25, -0.2) is 4.57 Å². The molecule has 8 nitrogen and oxygen atoms in total. The summed E-state index contributed by atoms with van der Waals surface area (Å²) in [6, 6.07) is 0. The van der Waals surface area contributed by atoms with E-state index in [-0.39, 0.29) is 42.8 Å². The minimum atomic E-state index is -4.64. The Kier molecular flexibility index (Phi) is 45.6. The van der Waals surface area contributed by atoms with Gasteiger partial charge in [0.05, 0.1) is 13.2 Å². The standard InChI is InChI=1S/C36H71O4P.Na.H3O4P/c1-3-5-7-9-11-13-15-17-19-21-23-25-27-29-31-33-35-39-41(37,38)40-36-34-32-30-28-26-24-22-20-18-16-14-12-10-8-6-4-2;;1-5(2,3)4/h17-20H,3-16,21-36H2,1-2H3,(H,37,38);;(H3,1,2,3,4)/q;+1;/p-1/b19-17-,20-18-;;. The first-order valence-corrected chi connectivity index (χ1v) is 21.8. The third-order valence-corrected chi connectivity index (χ3v) is 8.81. The van der Waals surface area contributed by atoms with Crippen molar-refractivity contribution in [3.63, 3.8) is 0 Å². The quantitative estimate of drug-likeness (QED) is 0.0260. The fraction of sp³-hybridized carbons (Fsp3) is 0.889. The number of hydrogen-bond donors (Lipinski definition) is 3. The van der Waals surface area contributed by atoms with Gasteiger partial charge in [0.1, 0.15) is 0 Å². The molecule has 11 heteroatoms. The van der Waals surface area contributed by atoms with Crippen molar-refractivity contribution in [2.75, 3.05) is 13.2 Å². The van der Waals surface area contributed by atoms with E-state index in [9.17, 15) is 9.46 Å². The minimum absolute atomic E-state index is 0. The third kappa shape index (κ3) is 56.3. The van der Waals surface area contributed by atoms with Crippen molar-refractivity contribution in [1.29, 1.82) is 0 Å². The Labute approximate surface area is 312 Å². The van der Waals surface area contributed by atoms with Crippen molar-refractivity contribution >= 4 is 15.6 Å². The molecule has 0 saturated heterocycles. The molecule has 47 heavy (non-hydrogen) atoms. The Morgan fingerprint density at radius 2 is 0.660 bits per heavy atom. The average Bonchev–Trinajstić information content (AvgIpc) is 2.99.